The lowest BCUT2D eigenvalue weighted by Gasteiger charge is -2.10. The van der Waals surface area contributed by atoms with Gasteiger partial charge in [-0.25, -0.2) is 0 Å². The number of aromatic hydroxyl groups is 1. The molecule has 3 rings (SSSR count). The van der Waals surface area contributed by atoms with E-state index in [4.69, 9.17) is 4.74 Å². The summed E-state index contributed by atoms with van der Waals surface area (Å²) in [6.07, 6.45) is 1.45. The van der Waals surface area contributed by atoms with Crippen LogP contribution in [0.15, 0.2) is 58.7 Å². The third-order valence-electron chi connectivity index (χ3n) is 3.75. The maximum Gasteiger partial charge on any atom is 0.240 e. The Morgan fingerprint density at radius 1 is 1.32 bits per heavy atom. The lowest BCUT2D eigenvalue weighted by atomic mass is 10.2. The van der Waals surface area contributed by atoms with Crippen molar-refractivity contribution in [3.05, 3.63) is 54.1 Å². The van der Waals surface area contributed by atoms with Crippen LogP contribution in [0.25, 0.3) is 0 Å². The number of benzene rings is 2. The van der Waals surface area contributed by atoms with E-state index in [0.29, 0.717) is 22.2 Å². The fourth-order valence-electron chi connectivity index (χ4n) is 2.46. The monoisotopic (exact) mass is 398 g/mol. The van der Waals surface area contributed by atoms with Gasteiger partial charge in [-0.15, -0.1) is 5.10 Å². The van der Waals surface area contributed by atoms with E-state index in [2.05, 4.69) is 20.8 Å². The Morgan fingerprint density at radius 2 is 2.14 bits per heavy atom. The van der Waals surface area contributed by atoms with Crippen molar-refractivity contribution in [3.63, 3.8) is 0 Å². The standard InChI is InChI=1S/C19H18N4O4S/c1-27-15-8-3-2-7-14(15)21-17(25)10-16-18(26)22-19(28-16)23-20-11-12-5-4-6-13(24)9-12/h2-9,11,16,24H,10H2,1H3,(H,21,25)(H,22,23,26)/b20-11+. The predicted octanol–water partition coefficient (Wildman–Crippen LogP) is 2.35. The second kappa shape index (κ2) is 9.05. The van der Waals surface area contributed by atoms with Crippen LogP contribution >= 0.6 is 11.8 Å². The quantitative estimate of drug-likeness (QED) is 0.511. The fraction of sp³-hybridized carbons (Fsp3) is 0.158. The smallest absolute Gasteiger partial charge is 0.240 e. The van der Waals surface area contributed by atoms with E-state index in [1.165, 1.54) is 19.4 Å². The highest BCUT2D eigenvalue weighted by molar-refractivity contribution is 8.15. The molecule has 0 spiro atoms. The number of hydrogen-bond donors (Lipinski definition) is 3. The van der Waals surface area contributed by atoms with Crippen LogP contribution in [0.1, 0.15) is 12.0 Å². The summed E-state index contributed by atoms with van der Waals surface area (Å²) in [5.74, 6) is 0.0670. The molecular formula is C19H18N4O4S. The van der Waals surface area contributed by atoms with E-state index in [0.717, 1.165) is 11.8 Å². The molecular weight excluding hydrogens is 380 g/mol. The summed E-state index contributed by atoms with van der Waals surface area (Å²) in [6.45, 7) is 0. The number of nitrogens with one attached hydrogen (secondary N) is 2. The van der Waals surface area contributed by atoms with Gasteiger partial charge in [0, 0.05) is 6.42 Å². The summed E-state index contributed by atoms with van der Waals surface area (Å²) in [4.78, 5) is 24.3. The van der Waals surface area contributed by atoms with Crippen LogP contribution in [-0.2, 0) is 9.59 Å². The van der Waals surface area contributed by atoms with Crippen molar-refractivity contribution in [3.8, 4) is 11.5 Å². The van der Waals surface area contributed by atoms with Gasteiger partial charge in [0.1, 0.15) is 16.7 Å². The molecule has 3 N–H and O–H groups in total. The molecule has 1 aliphatic rings. The maximum absolute atomic E-state index is 12.3. The van der Waals surface area contributed by atoms with Crippen molar-refractivity contribution in [1.29, 1.82) is 0 Å². The van der Waals surface area contributed by atoms with Crippen LogP contribution in [0.5, 0.6) is 11.5 Å². The van der Waals surface area contributed by atoms with Crippen LogP contribution in [0.2, 0.25) is 0 Å². The largest absolute Gasteiger partial charge is 0.508 e. The minimum atomic E-state index is -0.593. The van der Waals surface area contributed by atoms with E-state index in [1.54, 1.807) is 42.5 Å². The number of phenolic OH excluding ortho intramolecular Hbond substituents is 1. The average Bonchev–Trinajstić information content (AvgIpc) is 3.01. The number of rotatable bonds is 6. The molecule has 2 amide bonds. The third-order valence-corrected chi connectivity index (χ3v) is 4.83. The molecule has 0 aromatic heterocycles. The topological polar surface area (TPSA) is 112 Å². The molecule has 144 valence electrons. The van der Waals surface area contributed by atoms with Gasteiger partial charge in [0.2, 0.25) is 11.8 Å². The summed E-state index contributed by atoms with van der Waals surface area (Å²) in [6, 6.07) is 13.6. The van der Waals surface area contributed by atoms with Crippen LogP contribution < -0.4 is 15.4 Å². The Kier molecular flexibility index (Phi) is 6.28. The molecule has 1 aliphatic heterocycles. The van der Waals surface area contributed by atoms with Gasteiger partial charge in [-0.05, 0) is 29.8 Å². The first-order valence-corrected chi connectivity index (χ1v) is 9.23. The number of carbonyl (C=O) groups is 2. The molecule has 2 aromatic rings. The zero-order valence-corrected chi connectivity index (χ0v) is 15.8. The number of phenols is 1. The number of hydrogen-bond acceptors (Lipinski definition) is 7. The predicted molar refractivity (Wildman–Crippen MR) is 109 cm³/mol. The number of methoxy groups -OCH3 is 1. The SMILES string of the molecule is COc1ccccc1NC(=O)CC1S/C(=N/N=C/c2cccc(O)c2)NC1=O. The molecule has 0 bridgehead atoms. The fourth-order valence-corrected chi connectivity index (χ4v) is 3.38. The molecule has 9 heteroatoms. The van der Waals surface area contributed by atoms with Gasteiger partial charge < -0.3 is 20.5 Å². The van der Waals surface area contributed by atoms with Crippen molar-refractivity contribution in [2.45, 2.75) is 11.7 Å². The highest BCUT2D eigenvalue weighted by Crippen LogP contribution is 2.26. The Balaban J connectivity index is 1.57. The van der Waals surface area contributed by atoms with E-state index < -0.39 is 5.25 Å². The summed E-state index contributed by atoms with van der Waals surface area (Å²) >= 11 is 1.14. The Hall–Kier alpha value is -3.33. The minimum absolute atomic E-state index is 0.0101. The van der Waals surface area contributed by atoms with Gasteiger partial charge in [0.15, 0.2) is 5.17 Å². The number of thioether (sulfide) groups is 1. The number of amides is 2. The normalized spacial score (nSPS) is 17.7. The van der Waals surface area contributed by atoms with Crippen molar-refractivity contribution < 1.29 is 19.4 Å². The van der Waals surface area contributed by atoms with Crippen molar-refractivity contribution in [2.24, 2.45) is 10.2 Å². The zero-order chi connectivity index (χ0) is 19.9. The number of carbonyl (C=O) groups excluding carboxylic acids is 2. The van der Waals surface area contributed by atoms with Gasteiger partial charge in [0.25, 0.3) is 0 Å². The first kappa shape index (κ1) is 19.4. The van der Waals surface area contributed by atoms with Gasteiger partial charge in [-0.3, -0.25) is 9.59 Å². The molecule has 28 heavy (non-hydrogen) atoms. The van der Waals surface area contributed by atoms with E-state index in [-0.39, 0.29) is 24.0 Å². The number of ether oxygens (including phenoxy) is 1. The molecule has 2 aromatic carbocycles. The Labute approximate surface area is 165 Å². The van der Waals surface area contributed by atoms with Crippen molar-refractivity contribution in [2.75, 3.05) is 12.4 Å². The highest BCUT2D eigenvalue weighted by atomic mass is 32.2. The summed E-state index contributed by atoms with van der Waals surface area (Å²) in [7, 11) is 1.52. The molecule has 1 heterocycles. The first-order valence-electron chi connectivity index (χ1n) is 8.35. The first-order chi connectivity index (χ1) is 13.5. The van der Waals surface area contributed by atoms with Crippen LogP contribution in [0, 0.1) is 0 Å². The zero-order valence-electron chi connectivity index (χ0n) is 15.0. The highest BCUT2D eigenvalue weighted by Gasteiger charge is 2.32. The molecule has 1 fully saturated rings. The van der Waals surface area contributed by atoms with Crippen molar-refractivity contribution >= 4 is 40.6 Å². The number of para-hydroxylation sites is 2. The third kappa shape index (κ3) is 5.10. The summed E-state index contributed by atoms with van der Waals surface area (Å²) < 4.78 is 5.19. The van der Waals surface area contributed by atoms with Crippen molar-refractivity contribution in [1.82, 2.24) is 5.32 Å². The van der Waals surface area contributed by atoms with Crippen LogP contribution in [0.4, 0.5) is 5.69 Å². The number of amidine groups is 1. The summed E-state index contributed by atoms with van der Waals surface area (Å²) in [5, 5.41) is 22.3. The number of nitrogens with zero attached hydrogens (tertiary/aromatic N) is 2. The van der Waals surface area contributed by atoms with E-state index in [1.807, 2.05) is 0 Å². The van der Waals surface area contributed by atoms with E-state index >= 15 is 0 Å². The second-order valence-electron chi connectivity index (χ2n) is 5.79. The van der Waals surface area contributed by atoms with Crippen LogP contribution in [0.3, 0.4) is 0 Å². The molecule has 1 saturated heterocycles. The summed E-state index contributed by atoms with van der Waals surface area (Å²) in [5.41, 5.74) is 1.22. The van der Waals surface area contributed by atoms with Gasteiger partial charge in [0.05, 0.1) is 19.0 Å². The number of anilines is 1. The second-order valence-corrected chi connectivity index (χ2v) is 6.98. The molecule has 0 saturated carbocycles. The van der Waals surface area contributed by atoms with Gasteiger partial charge in [-0.1, -0.05) is 36.0 Å². The maximum atomic E-state index is 12.3. The van der Waals surface area contributed by atoms with Crippen LogP contribution in [-0.4, -0.2) is 40.7 Å². The Morgan fingerprint density at radius 3 is 2.93 bits per heavy atom. The Bertz CT molecular complexity index is 945. The molecule has 0 radical (unpaired) electrons. The minimum Gasteiger partial charge on any atom is -0.508 e. The lowest BCUT2D eigenvalue weighted by Crippen LogP contribution is -2.28. The molecule has 8 nitrogen and oxygen atoms in total. The molecule has 1 unspecified atom stereocenters. The van der Waals surface area contributed by atoms with Gasteiger partial charge >= 0.3 is 0 Å². The molecule has 1 atom stereocenters. The van der Waals surface area contributed by atoms with E-state index in [9.17, 15) is 14.7 Å². The van der Waals surface area contributed by atoms with Gasteiger partial charge in [-0.2, -0.15) is 5.10 Å². The molecule has 0 aliphatic carbocycles. The average molecular weight is 398 g/mol. The lowest BCUT2D eigenvalue weighted by molar-refractivity contribution is -0.122.